The van der Waals surface area contributed by atoms with Gasteiger partial charge in [-0.2, -0.15) is 5.26 Å². The molecule has 125 heavy (non-hydrogen) atoms. The number of nitriles is 1. The second-order valence-electron chi connectivity index (χ2n) is 32.4. The fraction of sp³-hybridized carbons (Fsp3) is 0.175. The Bertz CT molecular complexity index is 6850. The standard InChI is InChI=1S/C27H27N3O.C26H21N3O.C25H17F5N2O.C25H21N3O3/c1-18-8-10-19(11-9-18)26-25-23(22-6-4-5-7-24(22)28-25)16-17-30(26)27(31)20-12-14-21(15-13-20)29(2)3;1-17-6-10-19(11-7-17)25-24-22(21-4-2-3-5-23(21)28-24)14-15-29(25)26(30)20-12-8-18(16-27)9-13-20;1-12-6-8-13(9-7-12)24-23-15(14-4-2-3-5-16(14)31-23)10-11-32(24)25(33)17-18(26)20(28)22(30)21(29)19(17)27;1-16-6-8-17(9-7-16)24-23-21(20-4-2-3-5-22(20)26-23)14-15-27(24)25(29)18-10-12-19(13-11-18)28(30)31/h4-15,26,28H,16-17H2,1-3H3;2-13,25,28H,14-15H2,1H3;2-9,24,31H,10-11H2,1H3;2-13,24,26H,14-15H2,1H3. The third-order valence-corrected chi connectivity index (χ3v) is 24.4. The summed E-state index contributed by atoms with van der Waals surface area (Å²) in [5.74, 6) is -12.2. The molecule has 12 aromatic carbocycles. The first-order valence-corrected chi connectivity index (χ1v) is 41.4. The number of hydrogen-bond acceptors (Lipinski definition) is 8. The van der Waals surface area contributed by atoms with E-state index < -0.39 is 51.5 Å². The fourth-order valence-electron chi connectivity index (χ4n) is 18.0. The van der Waals surface area contributed by atoms with E-state index in [2.05, 4.69) is 167 Å². The van der Waals surface area contributed by atoms with Gasteiger partial charge in [-0.05, 0) is 183 Å². The van der Waals surface area contributed by atoms with E-state index in [1.807, 2.05) is 126 Å². The predicted octanol–water partition coefficient (Wildman–Crippen LogP) is 21.6. The normalized spacial score (nSPS) is 15.7. The summed E-state index contributed by atoms with van der Waals surface area (Å²) in [5, 5.41) is 24.7. The van der Waals surface area contributed by atoms with Crippen LogP contribution in [-0.4, -0.2) is 108 Å². The van der Waals surface area contributed by atoms with Crippen molar-refractivity contribution in [1.82, 2.24) is 39.5 Å². The lowest BCUT2D eigenvalue weighted by molar-refractivity contribution is -0.384. The number of H-pyrrole nitrogens is 4. The fourth-order valence-corrected chi connectivity index (χ4v) is 18.0. The molecular weight excluding hydrogens is 1580 g/mol. The number of hydrogen-bond donors (Lipinski definition) is 4. The molecule has 0 radical (unpaired) electrons. The average molecular weight is 1670 g/mol. The maximum atomic E-state index is 14.5. The van der Waals surface area contributed by atoms with Gasteiger partial charge in [0, 0.05) is 141 Å². The number of aromatic amines is 4. The number of aryl methyl sites for hydroxylation is 4. The van der Waals surface area contributed by atoms with Crippen molar-refractivity contribution in [2.24, 2.45) is 0 Å². The van der Waals surface area contributed by atoms with E-state index in [1.165, 1.54) is 68.2 Å². The topological polar surface area (TPSA) is 215 Å². The van der Waals surface area contributed by atoms with Gasteiger partial charge in [0.2, 0.25) is 5.82 Å². The number of amides is 4. The van der Waals surface area contributed by atoms with Crippen LogP contribution in [0.5, 0.6) is 0 Å². The molecule has 0 spiro atoms. The summed E-state index contributed by atoms with van der Waals surface area (Å²) in [4.78, 5) is 87.6. The molecule has 4 aromatic heterocycles. The lowest BCUT2D eigenvalue weighted by Crippen LogP contribution is -2.41. The largest absolute Gasteiger partial charge is 0.378 e. The first kappa shape index (κ1) is 82.3. The third kappa shape index (κ3) is 15.8. The number of nitro benzene ring substituents is 1. The molecule has 4 aliphatic rings. The van der Waals surface area contributed by atoms with E-state index in [4.69, 9.17) is 5.26 Å². The zero-order chi connectivity index (χ0) is 87.2. The van der Waals surface area contributed by atoms with Gasteiger partial charge in [0.1, 0.15) is 5.56 Å². The summed E-state index contributed by atoms with van der Waals surface area (Å²) < 4.78 is 70.2. The van der Waals surface area contributed by atoms with Gasteiger partial charge >= 0.3 is 0 Å². The molecule has 0 saturated carbocycles. The van der Waals surface area contributed by atoms with Crippen LogP contribution in [0.3, 0.4) is 0 Å². The van der Waals surface area contributed by atoms with Crippen molar-refractivity contribution in [2.45, 2.75) is 77.5 Å². The maximum Gasteiger partial charge on any atom is 0.269 e. The third-order valence-electron chi connectivity index (χ3n) is 24.4. The van der Waals surface area contributed by atoms with Gasteiger partial charge < -0.3 is 44.4 Å². The molecule has 0 fully saturated rings. The highest BCUT2D eigenvalue weighted by molar-refractivity contribution is 5.99. The van der Waals surface area contributed by atoms with Gasteiger partial charge in [-0.3, -0.25) is 29.3 Å². The first-order chi connectivity index (χ1) is 60.5. The minimum atomic E-state index is -2.30. The van der Waals surface area contributed by atoms with Gasteiger partial charge in [0.15, 0.2) is 23.3 Å². The van der Waals surface area contributed by atoms with Crippen LogP contribution in [0.15, 0.2) is 267 Å². The molecule has 4 amide bonds. The first-order valence-electron chi connectivity index (χ1n) is 41.4. The van der Waals surface area contributed by atoms with Crippen molar-refractivity contribution in [2.75, 3.05) is 45.2 Å². The molecule has 8 heterocycles. The molecule has 20 rings (SSSR count). The van der Waals surface area contributed by atoms with Gasteiger partial charge in [-0.1, -0.05) is 192 Å². The summed E-state index contributed by atoms with van der Waals surface area (Å²) in [7, 11) is 4.01. The number of fused-ring (bicyclic) bond motifs is 12. The zero-order valence-corrected chi connectivity index (χ0v) is 69.3. The van der Waals surface area contributed by atoms with E-state index in [0.717, 1.165) is 113 Å². The van der Waals surface area contributed by atoms with Crippen LogP contribution in [0, 0.1) is 78.2 Å². The Morgan fingerprint density at radius 1 is 0.360 bits per heavy atom. The smallest absolute Gasteiger partial charge is 0.269 e. The molecule has 0 aliphatic carbocycles. The summed E-state index contributed by atoms with van der Waals surface area (Å²) in [6, 6.07) is 86.3. The lowest BCUT2D eigenvalue weighted by atomic mass is 9.91. The highest BCUT2D eigenvalue weighted by Gasteiger charge is 2.42. The molecule has 624 valence electrons. The number of rotatable bonds is 10. The van der Waals surface area contributed by atoms with E-state index in [0.29, 0.717) is 54.0 Å². The van der Waals surface area contributed by atoms with Gasteiger partial charge in [-0.25, -0.2) is 22.0 Å². The number of benzene rings is 12. The summed E-state index contributed by atoms with van der Waals surface area (Å²) in [6.45, 7) is 10.0. The van der Waals surface area contributed by atoms with Crippen LogP contribution < -0.4 is 4.90 Å². The summed E-state index contributed by atoms with van der Waals surface area (Å²) in [5.41, 5.74) is 23.2. The number of anilines is 1. The van der Waals surface area contributed by atoms with Crippen LogP contribution in [0.4, 0.5) is 33.3 Å². The van der Waals surface area contributed by atoms with Crippen molar-refractivity contribution in [3.63, 3.8) is 0 Å². The molecule has 4 aliphatic heterocycles. The molecule has 0 bridgehead atoms. The predicted molar refractivity (Wildman–Crippen MR) is 475 cm³/mol. The number of nitrogens with one attached hydrogen (secondary N) is 4. The van der Waals surface area contributed by atoms with Crippen LogP contribution in [0.2, 0.25) is 0 Å². The Morgan fingerprint density at radius 2 is 0.616 bits per heavy atom. The Balaban J connectivity index is 0.000000118. The minimum absolute atomic E-state index is 0.0191. The van der Waals surface area contributed by atoms with E-state index in [9.17, 15) is 51.2 Å². The number of para-hydroxylation sites is 4. The second kappa shape index (κ2) is 34.5. The van der Waals surface area contributed by atoms with Crippen molar-refractivity contribution in [1.29, 1.82) is 5.26 Å². The number of halogens is 5. The maximum absolute atomic E-state index is 14.5. The number of nitro groups is 1. The second-order valence-corrected chi connectivity index (χ2v) is 32.4. The highest BCUT2D eigenvalue weighted by Crippen LogP contribution is 2.45. The molecule has 4 N–H and O–H groups in total. The van der Waals surface area contributed by atoms with E-state index in [-0.39, 0.29) is 48.1 Å². The van der Waals surface area contributed by atoms with Gasteiger partial charge in [-0.15, -0.1) is 0 Å². The van der Waals surface area contributed by atoms with Crippen molar-refractivity contribution in [3.8, 4) is 6.07 Å². The Kier molecular flexibility index (Phi) is 22.7. The number of non-ortho nitro benzene ring substituents is 1. The molecule has 22 heteroatoms. The van der Waals surface area contributed by atoms with Crippen molar-refractivity contribution in [3.05, 3.63) is 423 Å². The quantitative estimate of drug-likeness (QED) is 0.0339. The number of carbonyl (C=O) groups excluding carboxylic acids is 4. The van der Waals surface area contributed by atoms with Crippen LogP contribution in [-0.2, 0) is 25.7 Å². The zero-order valence-electron chi connectivity index (χ0n) is 69.3. The Hall–Kier alpha value is -15.0. The Labute approximate surface area is 717 Å². The van der Waals surface area contributed by atoms with E-state index >= 15 is 0 Å². The monoisotopic (exact) mass is 1670 g/mol. The minimum Gasteiger partial charge on any atom is -0.378 e. The summed E-state index contributed by atoms with van der Waals surface area (Å²) in [6.07, 6.45) is 2.76. The highest BCUT2D eigenvalue weighted by atomic mass is 19.2. The number of carbonyl (C=O) groups is 4. The number of nitrogens with zero attached hydrogens (tertiary/aromatic N) is 7. The van der Waals surface area contributed by atoms with Crippen molar-refractivity contribution < 1.29 is 46.1 Å². The van der Waals surface area contributed by atoms with E-state index in [1.54, 1.807) is 36.4 Å². The Morgan fingerprint density at radius 3 is 0.888 bits per heavy atom. The van der Waals surface area contributed by atoms with Crippen LogP contribution in [0.25, 0.3) is 43.6 Å². The lowest BCUT2D eigenvalue weighted by Gasteiger charge is -2.36. The van der Waals surface area contributed by atoms with Gasteiger partial charge in [0.05, 0.1) is 40.7 Å². The van der Waals surface area contributed by atoms with Crippen LogP contribution in [0.1, 0.15) is 161 Å². The number of aromatic nitrogens is 4. The molecule has 4 unspecified atom stereocenters. The van der Waals surface area contributed by atoms with Gasteiger partial charge in [0.25, 0.3) is 29.3 Å². The van der Waals surface area contributed by atoms with Crippen LogP contribution >= 0.6 is 0 Å². The summed E-state index contributed by atoms with van der Waals surface area (Å²) >= 11 is 0. The average Bonchev–Trinajstić information content (AvgIpc) is 1.67. The molecule has 17 nitrogen and oxygen atoms in total. The molecular formula is C103H86F5N11O6. The molecule has 16 aromatic rings. The SMILES string of the molecule is Cc1ccc(C2c3[nH]c4ccccc4c3CCN2C(=O)c2c(F)c(F)c(F)c(F)c2F)cc1.Cc1ccc(C2c3[nH]c4ccccc4c3CCN2C(=O)c2ccc(C#N)cc2)cc1.Cc1ccc(C2c3[nH]c4ccccc4c3CCN2C(=O)c2ccc(N(C)C)cc2)cc1.Cc1ccc(C2c3[nH]c4ccccc4c3CCN2C(=O)c2ccc([N+](=O)[O-])cc2)cc1. The molecule has 0 saturated heterocycles. The van der Waals surface area contributed by atoms with Crippen molar-refractivity contribution >= 4 is 78.6 Å². The molecule has 4 atom stereocenters.